The van der Waals surface area contributed by atoms with E-state index in [9.17, 15) is 4.79 Å². The van der Waals surface area contributed by atoms with Crippen molar-refractivity contribution in [2.45, 2.75) is 34.1 Å². The van der Waals surface area contributed by atoms with Crippen molar-refractivity contribution < 1.29 is 4.42 Å². The van der Waals surface area contributed by atoms with Gasteiger partial charge < -0.3 is 4.42 Å². The molecule has 5 heteroatoms. The molecule has 1 N–H and O–H groups in total. The molecule has 0 amide bonds. The van der Waals surface area contributed by atoms with Gasteiger partial charge in [0, 0.05) is 22.9 Å². The molecule has 3 aromatic heterocycles. The molecule has 5 nitrogen and oxygen atoms in total. The van der Waals surface area contributed by atoms with E-state index < -0.39 is 0 Å². The van der Waals surface area contributed by atoms with Crippen molar-refractivity contribution in [2.24, 2.45) is 0 Å². The number of nitrogens with one attached hydrogen (secondary N) is 1. The number of aromatic amines is 1. The normalized spacial score (nSPS) is 11.4. The second-order valence-corrected chi connectivity index (χ2v) is 5.02. The lowest BCUT2D eigenvalue weighted by Gasteiger charge is -2.01. The van der Waals surface area contributed by atoms with E-state index in [1.54, 1.807) is 0 Å². The third kappa shape index (κ3) is 1.78. The zero-order valence-corrected chi connectivity index (χ0v) is 12.1. The van der Waals surface area contributed by atoms with Gasteiger partial charge in [-0.15, -0.1) is 0 Å². The summed E-state index contributed by atoms with van der Waals surface area (Å²) in [5, 5.41) is 3.12. The van der Waals surface area contributed by atoms with Gasteiger partial charge in [0.1, 0.15) is 11.5 Å². The van der Waals surface area contributed by atoms with E-state index in [0.29, 0.717) is 12.1 Å². The van der Waals surface area contributed by atoms with Crippen molar-refractivity contribution >= 4 is 5.65 Å². The van der Waals surface area contributed by atoms with Crippen LogP contribution in [0.25, 0.3) is 16.9 Å². The van der Waals surface area contributed by atoms with Crippen LogP contribution in [-0.2, 0) is 6.42 Å². The molecule has 0 saturated carbocycles. The standard InChI is InChI=1S/C15H17N3O2/c1-5-11-9(3)16-14-7-13(17-18(14)15(11)19)12-6-8(2)20-10(12)4/h6-7,17H,5H2,1-4H3. The summed E-state index contributed by atoms with van der Waals surface area (Å²) in [7, 11) is 0. The summed E-state index contributed by atoms with van der Waals surface area (Å²) in [5.41, 5.74) is 3.95. The maximum Gasteiger partial charge on any atom is 0.276 e. The molecular formula is C15H17N3O2. The molecular weight excluding hydrogens is 254 g/mol. The summed E-state index contributed by atoms with van der Waals surface area (Å²) in [6.07, 6.45) is 0.679. The number of H-pyrrole nitrogens is 1. The Morgan fingerprint density at radius 2 is 2.05 bits per heavy atom. The summed E-state index contributed by atoms with van der Waals surface area (Å²) in [6.45, 7) is 7.65. The maximum absolute atomic E-state index is 12.4. The summed E-state index contributed by atoms with van der Waals surface area (Å²) in [4.78, 5) is 16.9. The number of nitrogens with zero attached hydrogens (tertiary/aromatic N) is 2. The first-order valence-electron chi connectivity index (χ1n) is 6.70. The Morgan fingerprint density at radius 1 is 1.30 bits per heavy atom. The maximum atomic E-state index is 12.4. The molecule has 0 aromatic carbocycles. The van der Waals surface area contributed by atoms with Gasteiger partial charge in [-0.05, 0) is 33.3 Å². The first-order chi connectivity index (χ1) is 9.51. The van der Waals surface area contributed by atoms with Crippen LogP contribution in [0, 0.1) is 20.8 Å². The number of aryl methyl sites for hydroxylation is 3. The second kappa shape index (κ2) is 4.37. The minimum atomic E-state index is -0.0286. The summed E-state index contributed by atoms with van der Waals surface area (Å²) in [5.74, 6) is 1.68. The van der Waals surface area contributed by atoms with Crippen LogP contribution in [0.15, 0.2) is 21.3 Å². The van der Waals surface area contributed by atoms with E-state index in [2.05, 4.69) is 10.1 Å². The molecule has 3 heterocycles. The quantitative estimate of drug-likeness (QED) is 0.779. The summed E-state index contributed by atoms with van der Waals surface area (Å²) >= 11 is 0. The summed E-state index contributed by atoms with van der Waals surface area (Å²) in [6, 6.07) is 3.84. The van der Waals surface area contributed by atoms with Crippen molar-refractivity contribution in [1.82, 2.24) is 14.6 Å². The summed E-state index contributed by atoms with van der Waals surface area (Å²) < 4.78 is 7.04. The minimum absolute atomic E-state index is 0.0286. The molecule has 0 bridgehead atoms. The molecule has 20 heavy (non-hydrogen) atoms. The predicted molar refractivity (Wildman–Crippen MR) is 77.1 cm³/mol. The Hall–Kier alpha value is -2.30. The Balaban J connectivity index is 2.29. The van der Waals surface area contributed by atoms with Crippen LogP contribution >= 0.6 is 0 Å². The molecule has 0 aliphatic carbocycles. The topological polar surface area (TPSA) is 63.3 Å². The Morgan fingerprint density at radius 3 is 2.65 bits per heavy atom. The largest absolute Gasteiger partial charge is 0.466 e. The fourth-order valence-corrected chi connectivity index (χ4v) is 2.61. The van der Waals surface area contributed by atoms with Crippen LogP contribution in [0.3, 0.4) is 0 Å². The van der Waals surface area contributed by atoms with E-state index >= 15 is 0 Å². The first kappa shape index (κ1) is 12.7. The number of hydrogen-bond acceptors (Lipinski definition) is 3. The second-order valence-electron chi connectivity index (χ2n) is 5.02. The lowest BCUT2D eigenvalue weighted by Crippen LogP contribution is -2.21. The van der Waals surface area contributed by atoms with E-state index in [1.165, 1.54) is 4.52 Å². The molecule has 0 spiro atoms. The fraction of sp³-hybridized carbons (Fsp3) is 0.333. The van der Waals surface area contributed by atoms with Crippen molar-refractivity contribution in [3.05, 3.63) is 45.3 Å². The zero-order chi connectivity index (χ0) is 14.4. The molecule has 104 valence electrons. The van der Waals surface area contributed by atoms with Crippen LogP contribution in [0.1, 0.15) is 29.7 Å². The van der Waals surface area contributed by atoms with E-state index in [-0.39, 0.29) is 5.56 Å². The van der Waals surface area contributed by atoms with Crippen LogP contribution in [0.4, 0.5) is 0 Å². The van der Waals surface area contributed by atoms with E-state index in [0.717, 1.165) is 34.0 Å². The van der Waals surface area contributed by atoms with Crippen molar-refractivity contribution in [3.63, 3.8) is 0 Å². The zero-order valence-electron chi connectivity index (χ0n) is 12.1. The van der Waals surface area contributed by atoms with Crippen molar-refractivity contribution in [3.8, 4) is 11.3 Å². The van der Waals surface area contributed by atoms with Crippen LogP contribution in [-0.4, -0.2) is 14.6 Å². The first-order valence-corrected chi connectivity index (χ1v) is 6.70. The highest BCUT2D eigenvalue weighted by Crippen LogP contribution is 2.25. The highest BCUT2D eigenvalue weighted by Gasteiger charge is 2.14. The number of fused-ring (bicyclic) bond motifs is 1. The Kier molecular flexibility index (Phi) is 2.78. The average Bonchev–Trinajstić information content (AvgIpc) is 2.93. The Labute approximate surface area is 116 Å². The minimum Gasteiger partial charge on any atom is -0.466 e. The van der Waals surface area contributed by atoms with Gasteiger partial charge in [-0.3, -0.25) is 9.89 Å². The predicted octanol–water partition coefficient (Wildman–Crippen LogP) is 2.77. The molecule has 0 radical (unpaired) electrons. The highest BCUT2D eigenvalue weighted by atomic mass is 16.3. The molecule has 0 fully saturated rings. The fourth-order valence-electron chi connectivity index (χ4n) is 2.61. The van der Waals surface area contributed by atoms with Crippen LogP contribution in [0.2, 0.25) is 0 Å². The molecule has 0 unspecified atom stereocenters. The number of furan rings is 1. The number of aromatic nitrogens is 3. The Bertz CT molecular complexity index is 852. The van der Waals surface area contributed by atoms with Crippen LogP contribution < -0.4 is 5.56 Å². The van der Waals surface area contributed by atoms with Gasteiger partial charge in [-0.25, -0.2) is 9.50 Å². The van der Waals surface area contributed by atoms with Crippen molar-refractivity contribution in [2.75, 3.05) is 0 Å². The van der Waals surface area contributed by atoms with Crippen LogP contribution in [0.5, 0.6) is 0 Å². The molecule has 0 aliphatic heterocycles. The SMILES string of the molecule is CCc1c(C)nc2cc(-c3cc(C)oc3C)[nH]n2c1=O. The smallest absolute Gasteiger partial charge is 0.276 e. The van der Waals surface area contributed by atoms with Crippen molar-refractivity contribution in [1.29, 1.82) is 0 Å². The monoisotopic (exact) mass is 271 g/mol. The van der Waals surface area contributed by atoms with Gasteiger partial charge in [0.2, 0.25) is 0 Å². The van der Waals surface area contributed by atoms with Gasteiger partial charge in [0.15, 0.2) is 5.65 Å². The average molecular weight is 271 g/mol. The van der Waals surface area contributed by atoms with E-state index in [4.69, 9.17) is 4.42 Å². The molecule has 0 aliphatic rings. The third-order valence-electron chi connectivity index (χ3n) is 3.60. The van der Waals surface area contributed by atoms with E-state index in [1.807, 2.05) is 39.8 Å². The van der Waals surface area contributed by atoms with Gasteiger partial charge in [-0.1, -0.05) is 6.92 Å². The number of hydrogen-bond donors (Lipinski definition) is 1. The van der Waals surface area contributed by atoms with Gasteiger partial charge in [0.05, 0.1) is 5.69 Å². The molecule has 3 aromatic rings. The molecule has 3 rings (SSSR count). The van der Waals surface area contributed by atoms with Gasteiger partial charge in [-0.2, -0.15) is 0 Å². The lowest BCUT2D eigenvalue weighted by atomic mass is 10.2. The third-order valence-corrected chi connectivity index (χ3v) is 3.60. The lowest BCUT2D eigenvalue weighted by molar-refractivity contribution is 0.505. The molecule has 0 saturated heterocycles. The van der Waals surface area contributed by atoms with Gasteiger partial charge >= 0.3 is 0 Å². The number of rotatable bonds is 2. The van der Waals surface area contributed by atoms with Gasteiger partial charge in [0.25, 0.3) is 5.56 Å². The molecule has 0 atom stereocenters. The highest BCUT2D eigenvalue weighted by molar-refractivity contribution is 5.66.